The summed E-state index contributed by atoms with van der Waals surface area (Å²) in [5, 5.41) is 17.1. The Labute approximate surface area is 102 Å². The van der Waals surface area contributed by atoms with Crippen LogP contribution in [0, 0.1) is 10.1 Å². The van der Waals surface area contributed by atoms with E-state index in [9.17, 15) is 14.9 Å². The molecule has 0 saturated heterocycles. The van der Waals surface area contributed by atoms with Crippen molar-refractivity contribution in [3.05, 3.63) is 52.2 Å². The molecule has 0 saturated carbocycles. The van der Waals surface area contributed by atoms with E-state index in [1.165, 1.54) is 13.2 Å². The first-order valence-electron chi connectivity index (χ1n) is 5.12. The van der Waals surface area contributed by atoms with Crippen molar-refractivity contribution in [2.75, 3.05) is 5.32 Å². The number of anilines is 1. The quantitative estimate of drug-likeness (QED) is 0.657. The van der Waals surface area contributed by atoms with Gasteiger partial charge in [-0.25, -0.2) is 0 Å². The van der Waals surface area contributed by atoms with Gasteiger partial charge in [0.15, 0.2) is 5.56 Å². The predicted octanol–water partition coefficient (Wildman–Crippen LogP) is 1.58. The summed E-state index contributed by atoms with van der Waals surface area (Å²) in [7, 11) is 1.41. The lowest BCUT2D eigenvalue weighted by Gasteiger charge is -2.03. The molecule has 0 bridgehead atoms. The third-order valence-electron chi connectivity index (χ3n) is 2.36. The van der Waals surface area contributed by atoms with Crippen LogP contribution in [0.25, 0.3) is 0 Å². The lowest BCUT2D eigenvalue weighted by molar-refractivity contribution is -0.392. The number of nitrogens with zero attached hydrogens (tertiary/aromatic N) is 3. The summed E-state index contributed by atoms with van der Waals surface area (Å²) in [6.07, 6.45) is 1.18. The van der Waals surface area contributed by atoms with Gasteiger partial charge in [-0.3, -0.25) is 4.79 Å². The SMILES string of the molecule is Cn1ncc(C(=O)Nc2ccccc2)c1[N+](=O)[O-]. The van der Waals surface area contributed by atoms with Crippen molar-refractivity contribution in [1.29, 1.82) is 0 Å². The van der Waals surface area contributed by atoms with Gasteiger partial charge in [0.05, 0.1) is 6.20 Å². The Bertz CT molecular complexity index is 592. The van der Waals surface area contributed by atoms with E-state index in [1.807, 2.05) is 6.07 Å². The van der Waals surface area contributed by atoms with Crippen molar-refractivity contribution in [1.82, 2.24) is 9.78 Å². The summed E-state index contributed by atoms with van der Waals surface area (Å²) in [5.74, 6) is -0.885. The van der Waals surface area contributed by atoms with Crippen LogP contribution < -0.4 is 5.32 Å². The second kappa shape index (κ2) is 4.66. The molecule has 7 nitrogen and oxygen atoms in total. The Morgan fingerprint density at radius 2 is 2.06 bits per heavy atom. The normalized spacial score (nSPS) is 10.1. The zero-order valence-electron chi connectivity index (χ0n) is 9.53. The Morgan fingerprint density at radius 1 is 1.39 bits per heavy atom. The van der Waals surface area contributed by atoms with Gasteiger partial charge < -0.3 is 15.4 Å². The first-order valence-corrected chi connectivity index (χ1v) is 5.12. The number of rotatable bonds is 3. The fraction of sp³-hybridized carbons (Fsp3) is 0.0909. The summed E-state index contributed by atoms with van der Waals surface area (Å²) in [5.41, 5.74) is 0.506. The molecule has 1 heterocycles. The summed E-state index contributed by atoms with van der Waals surface area (Å²) >= 11 is 0. The predicted molar refractivity (Wildman–Crippen MR) is 64.3 cm³/mol. The number of aryl methyl sites for hydroxylation is 1. The average Bonchev–Trinajstić information content (AvgIpc) is 2.72. The molecule has 0 aliphatic rings. The lowest BCUT2D eigenvalue weighted by Crippen LogP contribution is -2.13. The number of nitro groups is 1. The van der Waals surface area contributed by atoms with Crippen molar-refractivity contribution in [2.24, 2.45) is 7.05 Å². The highest BCUT2D eigenvalue weighted by atomic mass is 16.6. The zero-order valence-corrected chi connectivity index (χ0v) is 9.53. The van der Waals surface area contributed by atoms with E-state index in [0.717, 1.165) is 4.68 Å². The standard InChI is InChI=1S/C11H10N4O3/c1-14-11(15(17)18)9(7-12-14)10(16)13-8-5-3-2-4-6-8/h2-7H,1H3,(H,13,16). The minimum atomic E-state index is -0.632. The van der Waals surface area contributed by atoms with Gasteiger partial charge in [-0.15, -0.1) is 4.68 Å². The van der Waals surface area contributed by atoms with Crippen molar-refractivity contribution in [3.63, 3.8) is 0 Å². The smallest absolute Gasteiger partial charge is 0.357 e. The molecule has 2 aromatic rings. The summed E-state index contributed by atoms with van der Waals surface area (Å²) in [6, 6.07) is 8.71. The van der Waals surface area contributed by atoms with Crippen LogP contribution in [-0.4, -0.2) is 20.6 Å². The summed E-state index contributed by atoms with van der Waals surface area (Å²) in [4.78, 5) is 22.1. The number of carbonyl (C=O) groups is 1. The minimum absolute atomic E-state index is 0.0636. The molecule has 1 amide bonds. The third kappa shape index (κ3) is 2.19. The number of hydrogen-bond acceptors (Lipinski definition) is 4. The molecule has 92 valence electrons. The molecule has 0 unspecified atom stereocenters. The van der Waals surface area contributed by atoms with Gasteiger partial charge in [-0.05, 0) is 17.1 Å². The Kier molecular flexibility index (Phi) is 3.05. The van der Waals surface area contributed by atoms with Gasteiger partial charge >= 0.3 is 5.82 Å². The molecule has 0 spiro atoms. The number of benzene rings is 1. The van der Waals surface area contributed by atoms with Crippen LogP contribution in [0.1, 0.15) is 10.4 Å². The number of amides is 1. The topological polar surface area (TPSA) is 90.1 Å². The van der Waals surface area contributed by atoms with Crippen LogP contribution >= 0.6 is 0 Å². The first kappa shape index (κ1) is 11.8. The molecular formula is C11H10N4O3. The molecule has 0 atom stereocenters. The largest absolute Gasteiger partial charge is 0.358 e. The highest BCUT2D eigenvalue weighted by Crippen LogP contribution is 2.18. The molecule has 1 aromatic carbocycles. The number of carbonyl (C=O) groups excluding carboxylic acids is 1. The molecular weight excluding hydrogens is 236 g/mol. The van der Waals surface area contributed by atoms with E-state index in [2.05, 4.69) is 10.4 Å². The highest BCUT2D eigenvalue weighted by Gasteiger charge is 2.24. The van der Waals surface area contributed by atoms with Crippen molar-refractivity contribution in [3.8, 4) is 0 Å². The van der Waals surface area contributed by atoms with E-state index in [4.69, 9.17) is 0 Å². The van der Waals surface area contributed by atoms with Crippen LogP contribution in [0.5, 0.6) is 0 Å². The molecule has 0 fully saturated rings. The summed E-state index contributed by atoms with van der Waals surface area (Å²) in [6.45, 7) is 0. The number of aromatic nitrogens is 2. The Morgan fingerprint density at radius 3 is 2.67 bits per heavy atom. The molecule has 0 aliphatic carbocycles. The van der Waals surface area contributed by atoms with Gasteiger partial charge in [-0.1, -0.05) is 23.3 Å². The van der Waals surface area contributed by atoms with E-state index in [1.54, 1.807) is 24.3 Å². The molecule has 1 N–H and O–H groups in total. The van der Waals surface area contributed by atoms with Gasteiger partial charge in [0.25, 0.3) is 5.91 Å². The van der Waals surface area contributed by atoms with E-state index in [0.29, 0.717) is 5.69 Å². The van der Waals surface area contributed by atoms with Crippen LogP contribution in [0.3, 0.4) is 0 Å². The second-order valence-corrected chi connectivity index (χ2v) is 3.58. The van der Waals surface area contributed by atoms with Crippen molar-refractivity contribution >= 4 is 17.4 Å². The highest BCUT2D eigenvalue weighted by molar-refractivity contribution is 6.06. The van der Waals surface area contributed by atoms with Gasteiger partial charge in [0, 0.05) is 5.69 Å². The Balaban J connectivity index is 2.27. The Hall–Kier alpha value is -2.70. The number of hydrogen-bond donors (Lipinski definition) is 1. The summed E-state index contributed by atoms with van der Waals surface area (Å²) < 4.78 is 1.06. The van der Waals surface area contributed by atoms with Crippen LogP contribution in [0.4, 0.5) is 11.5 Å². The zero-order chi connectivity index (χ0) is 13.1. The van der Waals surface area contributed by atoms with E-state index >= 15 is 0 Å². The maximum absolute atomic E-state index is 11.9. The molecule has 18 heavy (non-hydrogen) atoms. The maximum Gasteiger partial charge on any atom is 0.357 e. The fourth-order valence-electron chi connectivity index (χ4n) is 1.53. The first-order chi connectivity index (χ1) is 8.59. The molecule has 7 heteroatoms. The van der Waals surface area contributed by atoms with Gasteiger partial charge in [0.1, 0.15) is 7.05 Å². The maximum atomic E-state index is 11.9. The average molecular weight is 246 g/mol. The van der Waals surface area contributed by atoms with Crippen molar-refractivity contribution in [2.45, 2.75) is 0 Å². The van der Waals surface area contributed by atoms with Gasteiger partial charge in [0.2, 0.25) is 0 Å². The van der Waals surface area contributed by atoms with Crippen molar-refractivity contribution < 1.29 is 9.72 Å². The molecule has 1 aromatic heterocycles. The van der Waals surface area contributed by atoms with E-state index in [-0.39, 0.29) is 11.4 Å². The monoisotopic (exact) mass is 246 g/mol. The van der Waals surface area contributed by atoms with Crippen LogP contribution in [0.2, 0.25) is 0 Å². The number of nitrogens with one attached hydrogen (secondary N) is 1. The van der Waals surface area contributed by atoms with Crippen LogP contribution in [0.15, 0.2) is 36.5 Å². The molecule has 0 radical (unpaired) electrons. The minimum Gasteiger partial charge on any atom is -0.358 e. The fourth-order valence-corrected chi connectivity index (χ4v) is 1.53. The molecule has 0 aliphatic heterocycles. The van der Waals surface area contributed by atoms with Gasteiger partial charge in [-0.2, -0.15) is 0 Å². The third-order valence-corrected chi connectivity index (χ3v) is 2.36. The second-order valence-electron chi connectivity index (χ2n) is 3.58. The van der Waals surface area contributed by atoms with Crippen LogP contribution in [-0.2, 0) is 7.05 Å². The molecule has 2 rings (SSSR count). The number of para-hydroxylation sites is 1. The van der Waals surface area contributed by atoms with E-state index < -0.39 is 10.8 Å². The lowest BCUT2D eigenvalue weighted by atomic mass is 10.2.